The first-order chi connectivity index (χ1) is 9.06. The molecule has 1 aliphatic rings. The minimum atomic E-state index is -0.445. The van der Waals surface area contributed by atoms with Crippen LogP contribution in [0.5, 0.6) is 0 Å². The molecule has 6 heteroatoms. The van der Waals surface area contributed by atoms with Crippen molar-refractivity contribution in [2.45, 2.75) is 6.42 Å². The van der Waals surface area contributed by atoms with Crippen LogP contribution in [0.25, 0.3) is 0 Å². The summed E-state index contributed by atoms with van der Waals surface area (Å²) in [5, 5.41) is 1.17. The summed E-state index contributed by atoms with van der Waals surface area (Å²) in [4.78, 5) is 25.0. The molecule has 1 aliphatic heterocycles. The molecule has 0 radical (unpaired) electrons. The van der Waals surface area contributed by atoms with Gasteiger partial charge in [0.15, 0.2) is 0 Å². The first-order valence-electron chi connectivity index (χ1n) is 5.81. The molecule has 0 aliphatic carbocycles. The van der Waals surface area contributed by atoms with Gasteiger partial charge in [-0.3, -0.25) is 4.79 Å². The fourth-order valence-corrected chi connectivity index (χ4v) is 2.80. The zero-order valence-electron chi connectivity index (χ0n) is 10.4. The lowest BCUT2D eigenvalue weighted by Gasteiger charge is -2.18. The maximum Gasteiger partial charge on any atom is 0.337 e. The number of benzene rings is 1. The summed E-state index contributed by atoms with van der Waals surface area (Å²) >= 11 is 9.54. The van der Waals surface area contributed by atoms with E-state index in [9.17, 15) is 9.59 Å². The third kappa shape index (κ3) is 2.92. The van der Waals surface area contributed by atoms with Gasteiger partial charge in [0, 0.05) is 18.3 Å². The van der Waals surface area contributed by atoms with Crippen LogP contribution in [0.15, 0.2) is 18.2 Å². The van der Waals surface area contributed by atoms with Crippen LogP contribution in [0.4, 0.5) is 5.69 Å². The minimum Gasteiger partial charge on any atom is -0.465 e. The van der Waals surface area contributed by atoms with Crippen molar-refractivity contribution < 1.29 is 14.3 Å². The number of ether oxygens (including phenoxy) is 1. The topological polar surface area (TPSA) is 46.6 Å². The van der Waals surface area contributed by atoms with Gasteiger partial charge in [-0.2, -0.15) is 0 Å². The highest BCUT2D eigenvalue weighted by molar-refractivity contribution is 9.09. The van der Waals surface area contributed by atoms with Crippen molar-refractivity contribution in [1.29, 1.82) is 0 Å². The van der Waals surface area contributed by atoms with E-state index in [1.54, 1.807) is 17.0 Å². The number of anilines is 1. The number of halogens is 2. The second-order valence-electron chi connectivity index (χ2n) is 4.39. The van der Waals surface area contributed by atoms with E-state index in [0.717, 1.165) is 5.33 Å². The number of hydrogen-bond donors (Lipinski definition) is 0. The Balaban J connectivity index is 2.27. The third-order valence-electron chi connectivity index (χ3n) is 3.08. The second-order valence-corrected chi connectivity index (χ2v) is 5.44. The van der Waals surface area contributed by atoms with E-state index in [1.807, 2.05) is 0 Å². The van der Waals surface area contributed by atoms with Gasteiger partial charge in [-0.15, -0.1) is 0 Å². The predicted octanol–water partition coefficient (Wildman–Crippen LogP) is 2.87. The monoisotopic (exact) mass is 345 g/mol. The molecule has 0 bridgehead atoms. The van der Waals surface area contributed by atoms with Gasteiger partial charge in [-0.1, -0.05) is 27.5 Å². The number of methoxy groups -OCH3 is 1. The molecule has 1 unspecified atom stereocenters. The fourth-order valence-electron chi connectivity index (χ4n) is 2.09. The first kappa shape index (κ1) is 14.3. The SMILES string of the molecule is COC(=O)c1ccc(N2CC(CBr)CC2=O)c(Cl)c1. The molecule has 1 atom stereocenters. The van der Waals surface area contributed by atoms with E-state index in [2.05, 4.69) is 20.7 Å². The number of alkyl halides is 1. The van der Waals surface area contributed by atoms with Crippen molar-refractivity contribution in [2.75, 3.05) is 23.9 Å². The summed E-state index contributed by atoms with van der Waals surface area (Å²) < 4.78 is 4.63. The molecule has 1 aromatic rings. The van der Waals surface area contributed by atoms with Crippen LogP contribution in [0, 0.1) is 5.92 Å². The van der Waals surface area contributed by atoms with Gasteiger partial charge in [0.05, 0.1) is 23.4 Å². The molecule has 4 nitrogen and oxygen atoms in total. The average Bonchev–Trinajstić information content (AvgIpc) is 2.79. The van der Waals surface area contributed by atoms with E-state index in [-0.39, 0.29) is 5.91 Å². The lowest BCUT2D eigenvalue weighted by atomic mass is 10.1. The van der Waals surface area contributed by atoms with Crippen LogP contribution in [0.3, 0.4) is 0 Å². The summed E-state index contributed by atoms with van der Waals surface area (Å²) in [5.41, 5.74) is 1.02. The Labute approximate surface area is 124 Å². The predicted molar refractivity (Wildman–Crippen MR) is 77.0 cm³/mol. The number of hydrogen-bond acceptors (Lipinski definition) is 3. The highest BCUT2D eigenvalue weighted by Crippen LogP contribution is 2.32. The summed E-state index contributed by atoms with van der Waals surface area (Å²) in [5.74, 6) is -0.0967. The molecule has 0 spiro atoms. The molecule has 1 amide bonds. The summed E-state index contributed by atoms with van der Waals surface area (Å²) in [6.45, 7) is 0.640. The van der Waals surface area contributed by atoms with Gasteiger partial charge in [0.1, 0.15) is 0 Å². The standard InChI is InChI=1S/C13H13BrClNO3/c1-19-13(18)9-2-3-11(10(15)5-9)16-7-8(6-14)4-12(16)17/h2-3,5,8H,4,6-7H2,1H3. The van der Waals surface area contributed by atoms with Gasteiger partial charge < -0.3 is 9.64 Å². The Kier molecular flexibility index (Phi) is 4.47. The van der Waals surface area contributed by atoms with E-state index in [4.69, 9.17) is 11.6 Å². The van der Waals surface area contributed by atoms with Crippen LogP contribution < -0.4 is 4.90 Å². The molecule has 1 fully saturated rings. The van der Waals surface area contributed by atoms with Gasteiger partial charge >= 0.3 is 5.97 Å². The average molecular weight is 347 g/mol. The molecule has 2 rings (SSSR count). The molecule has 0 aromatic heterocycles. The quantitative estimate of drug-likeness (QED) is 0.624. The van der Waals surface area contributed by atoms with E-state index in [0.29, 0.717) is 35.2 Å². The van der Waals surface area contributed by atoms with Crippen LogP contribution in [-0.4, -0.2) is 30.9 Å². The molecule has 0 N–H and O–H groups in total. The lowest BCUT2D eigenvalue weighted by Crippen LogP contribution is -2.25. The Bertz CT molecular complexity index is 521. The van der Waals surface area contributed by atoms with E-state index in [1.165, 1.54) is 13.2 Å². The van der Waals surface area contributed by atoms with Crippen molar-refractivity contribution in [3.8, 4) is 0 Å². The van der Waals surface area contributed by atoms with Gasteiger partial charge in [0.2, 0.25) is 5.91 Å². The third-order valence-corrected chi connectivity index (χ3v) is 4.30. The van der Waals surface area contributed by atoms with Crippen LogP contribution >= 0.6 is 27.5 Å². The molecule has 1 aromatic carbocycles. The summed E-state index contributed by atoms with van der Waals surface area (Å²) in [7, 11) is 1.31. The van der Waals surface area contributed by atoms with Gasteiger partial charge in [-0.25, -0.2) is 4.79 Å². The van der Waals surface area contributed by atoms with E-state index < -0.39 is 5.97 Å². The summed E-state index contributed by atoms with van der Waals surface area (Å²) in [6, 6.07) is 4.82. The zero-order chi connectivity index (χ0) is 14.0. The Morgan fingerprint density at radius 2 is 2.32 bits per heavy atom. The molecular weight excluding hydrogens is 334 g/mol. The Morgan fingerprint density at radius 3 is 2.84 bits per heavy atom. The van der Waals surface area contributed by atoms with Gasteiger partial charge in [0.25, 0.3) is 0 Å². The van der Waals surface area contributed by atoms with Gasteiger partial charge in [-0.05, 0) is 24.1 Å². The largest absolute Gasteiger partial charge is 0.465 e. The number of rotatable bonds is 3. The summed E-state index contributed by atoms with van der Waals surface area (Å²) in [6.07, 6.45) is 0.514. The molecule has 19 heavy (non-hydrogen) atoms. The Morgan fingerprint density at radius 1 is 1.58 bits per heavy atom. The fraction of sp³-hybridized carbons (Fsp3) is 0.385. The maximum absolute atomic E-state index is 11.9. The van der Waals surface area contributed by atoms with Crippen molar-refractivity contribution in [2.24, 2.45) is 5.92 Å². The number of nitrogens with zero attached hydrogens (tertiary/aromatic N) is 1. The number of amides is 1. The molecular formula is C13H13BrClNO3. The molecule has 1 saturated heterocycles. The number of esters is 1. The molecule has 102 valence electrons. The van der Waals surface area contributed by atoms with E-state index >= 15 is 0 Å². The van der Waals surface area contributed by atoms with Crippen molar-refractivity contribution in [3.63, 3.8) is 0 Å². The minimum absolute atomic E-state index is 0.0529. The lowest BCUT2D eigenvalue weighted by molar-refractivity contribution is -0.117. The Hall–Kier alpha value is -1.07. The normalized spacial score (nSPS) is 18.8. The smallest absolute Gasteiger partial charge is 0.337 e. The maximum atomic E-state index is 11.9. The van der Waals surface area contributed by atoms with Crippen molar-refractivity contribution >= 4 is 45.1 Å². The first-order valence-corrected chi connectivity index (χ1v) is 7.31. The van der Waals surface area contributed by atoms with Crippen molar-refractivity contribution in [3.05, 3.63) is 28.8 Å². The second kappa shape index (κ2) is 5.92. The highest BCUT2D eigenvalue weighted by Gasteiger charge is 2.31. The zero-order valence-corrected chi connectivity index (χ0v) is 12.7. The molecule has 1 heterocycles. The number of carbonyl (C=O) groups excluding carboxylic acids is 2. The molecule has 0 saturated carbocycles. The van der Waals surface area contributed by atoms with Crippen molar-refractivity contribution in [1.82, 2.24) is 0 Å². The number of carbonyl (C=O) groups is 2. The van der Waals surface area contributed by atoms with Crippen LogP contribution in [0.2, 0.25) is 5.02 Å². The van der Waals surface area contributed by atoms with Crippen LogP contribution in [0.1, 0.15) is 16.8 Å². The van der Waals surface area contributed by atoms with Crippen LogP contribution in [-0.2, 0) is 9.53 Å². The highest BCUT2D eigenvalue weighted by atomic mass is 79.9.